The molecule has 0 aliphatic heterocycles. The number of nitrogens with zero attached hydrogens (tertiary/aromatic N) is 2. The molecule has 130 valence electrons. The van der Waals surface area contributed by atoms with Crippen LogP contribution in [0.2, 0.25) is 5.02 Å². The third-order valence-electron chi connectivity index (χ3n) is 3.03. The van der Waals surface area contributed by atoms with E-state index in [4.69, 9.17) is 16.7 Å². The highest BCUT2D eigenvalue weighted by Gasteiger charge is 2.33. The van der Waals surface area contributed by atoms with Crippen molar-refractivity contribution in [2.45, 2.75) is 25.7 Å². The number of hydrogen-bond donors (Lipinski definition) is 3. The first-order valence-electron chi connectivity index (χ1n) is 7.10. The van der Waals surface area contributed by atoms with Crippen molar-refractivity contribution in [3.63, 3.8) is 0 Å². The van der Waals surface area contributed by atoms with Crippen molar-refractivity contribution >= 4 is 23.4 Å². The van der Waals surface area contributed by atoms with Gasteiger partial charge in [-0.2, -0.15) is 18.2 Å². The molecule has 9 heteroatoms. The second-order valence-corrected chi connectivity index (χ2v) is 5.61. The number of halogens is 4. The molecule has 2 aromatic rings. The summed E-state index contributed by atoms with van der Waals surface area (Å²) in [5, 5.41) is 15.0. The van der Waals surface area contributed by atoms with Gasteiger partial charge in [-0.25, -0.2) is 4.98 Å². The number of benzene rings is 1. The average molecular weight is 361 g/mol. The summed E-state index contributed by atoms with van der Waals surface area (Å²) in [6.07, 6.45) is -4.60. The monoisotopic (exact) mass is 360 g/mol. The van der Waals surface area contributed by atoms with Gasteiger partial charge in [-0.1, -0.05) is 23.7 Å². The van der Waals surface area contributed by atoms with Crippen LogP contribution in [-0.2, 0) is 12.7 Å². The van der Waals surface area contributed by atoms with E-state index in [9.17, 15) is 13.2 Å². The Morgan fingerprint density at radius 3 is 2.62 bits per heavy atom. The molecular weight excluding hydrogens is 345 g/mol. The summed E-state index contributed by atoms with van der Waals surface area (Å²) in [6, 6.07) is 7.30. The van der Waals surface area contributed by atoms with E-state index in [1.54, 1.807) is 31.2 Å². The van der Waals surface area contributed by atoms with Crippen LogP contribution in [0.25, 0.3) is 0 Å². The summed E-state index contributed by atoms with van der Waals surface area (Å²) in [7, 11) is 0. The zero-order chi connectivity index (χ0) is 17.7. The Hall–Kier alpha value is -2.06. The van der Waals surface area contributed by atoms with Crippen LogP contribution in [0.4, 0.5) is 24.9 Å². The largest absolute Gasteiger partial charge is 0.433 e. The van der Waals surface area contributed by atoms with E-state index in [-0.39, 0.29) is 24.9 Å². The zero-order valence-corrected chi connectivity index (χ0v) is 13.5. The normalized spacial score (nSPS) is 12.8. The van der Waals surface area contributed by atoms with Gasteiger partial charge >= 0.3 is 6.18 Å². The maximum atomic E-state index is 13.0. The highest BCUT2D eigenvalue weighted by atomic mass is 35.5. The molecule has 2 rings (SSSR count). The predicted molar refractivity (Wildman–Crippen MR) is 86.0 cm³/mol. The van der Waals surface area contributed by atoms with Gasteiger partial charge in [-0.15, -0.1) is 0 Å². The molecule has 0 amide bonds. The molecule has 0 bridgehead atoms. The number of alkyl halides is 3. The highest BCUT2D eigenvalue weighted by molar-refractivity contribution is 6.30. The summed E-state index contributed by atoms with van der Waals surface area (Å²) in [5.41, 5.74) is -0.272. The standard InChI is InChI=1S/C15H16ClF3N4O/c1-9(8-24)21-14-22-12(15(17,18)19)6-13(23-14)20-7-10-3-2-4-11(16)5-10/h2-6,9,24H,7-8H2,1H3,(H2,20,21,22,23)/t9-/m0/s1. The van der Waals surface area contributed by atoms with Crippen LogP contribution in [0.5, 0.6) is 0 Å². The molecule has 0 radical (unpaired) electrons. The van der Waals surface area contributed by atoms with E-state index in [2.05, 4.69) is 20.6 Å². The second-order valence-electron chi connectivity index (χ2n) is 5.17. The molecule has 1 aromatic carbocycles. The molecule has 1 heterocycles. The summed E-state index contributed by atoms with van der Waals surface area (Å²) in [6.45, 7) is 1.59. The topological polar surface area (TPSA) is 70.1 Å². The lowest BCUT2D eigenvalue weighted by Crippen LogP contribution is -2.22. The third kappa shape index (κ3) is 5.24. The third-order valence-corrected chi connectivity index (χ3v) is 3.26. The van der Waals surface area contributed by atoms with Crippen molar-refractivity contribution in [3.8, 4) is 0 Å². The van der Waals surface area contributed by atoms with E-state index in [0.29, 0.717) is 5.02 Å². The van der Waals surface area contributed by atoms with Gasteiger partial charge in [-0.05, 0) is 24.6 Å². The Morgan fingerprint density at radius 1 is 1.25 bits per heavy atom. The van der Waals surface area contributed by atoms with Crippen molar-refractivity contribution in [2.24, 2.45) is 0 Å². The molecule has 0 unspecified atom stereocenters. The van der Waals surface area contributed by atoms with Gasteiger partial charge in [0.2, 0.25) is 5.95 Å². The van der Waals surface area contributed by atoms with Gasteiger partial charge in [0.1, 0.15) is 5.82 Å². The lowest BCUT2D eigenvalue weighted by Gasteiger charge is -2.15. The van der Waals surface area contributed by atoms with Crippen LogP contribution >= 0.6 is 11.6 Å². The van der Waals surface area contributed by atoms with E-state index in [0.717, 1.165) is 11.6 Å². The number of aliphatic hydroxyl groups excluding tert-OH is 1. The molecule has 0 aliphatic carbocycles. The molecule has 5 nitrogen and oxygen atoms in total. The van der Waals surface area contributed by atoms with E-state index in [1.165, 1.54) is 0 Å². The molecule has 0 spiro atoms. The van der Waals surface area contributed by atoms with E-state index < -0.39 is 17.9 Å². The fraction of sp³-hybridized carbons (Fsp3) is 0.333. The summed E-state index contributed by atoms with van der Waals surface area (Å²) < 4.78 is 38.9. The van der Waals surface area contributed by atoms with Crippen LogP contribution < -0.4 is 10.6 Å². The maximum absolute atomic E-state index is 13.0. The molecule has 24 heavy (non-hydrogen) atoms. The molecule has 0 saturated heterocycles. The molecule has 1 atom stereocenters. The van der Waals surface area contributed by atoms with Gasteiger partial charge < -0.3 is 15.7 Å². The number of anilines is 2. The van der Waals surface area contributed by atoms with Crippen molar-refractivity contribution in [1.82, 2.24) is 9.97 Å². The first-order chi connectivity index (χ1) is 11.3. The Balaban J connectivity index is 2.22. The van der Waals surface area contributed by atoms with Gasteiger partial charge in [0.25, 0.3) is 0 Å². The lowest BCUT2D eigenvalue weighted by molar-refractivity contribution is -0.141. The Bertz CT molecular complexity index is 697. The van der Waals surface area contributed by atoms with Crippen LogP contribution in [0.3, 0.4) is 0 Å². The van der Waals surface area contributed by atoms with Gasteiger partial charge in [-0.3, -0.25) is 0 Å². The molecule has 0 aliphatic rings. The fourth-order valence-electron chi connectivity index (χ4n) is 1.85. The average Bonchev–Trinajstić information content (AvgIpc) is 2.52. The smallest absolute Gasteiger partial charge is 0.394 e. The van der Waals surface area contributed by atoms with Crippen LogP contribution in [0.1, 0.15) is 18.2 Å². The zero-order valence-electron chi connectivity index (χ0n) is 12.7. The molecular formula is C15H16ClF3N4O. The first kappa shape index (κ1) is 18.3. The van der Waals surface area contributed by atoms with Gasteiger partial charge in [0.15, 0.2) is 5.69 Å². The molecule has 1 aromatic heterocycles. The van der Waals surface area contributed by atoms with Gasteiger partial charge in [0.05, 0.1) is 6.61 Å². The van der Waals surface area contributed by atoms with Crippen molar-refractivity contribution in [2.75, 3.05) is 17.2 Å². The number of aliphatic hydroxyl groups is 1. The van der Waals surface area contributed by atoms with E-state index >= 15 is 0 Å². The van der Waals surface area contributed by atoms with Crippen LogP contribution in [-0.4, -0.2) is 27.7 Å². The minimum atomic E-state index is -4.60. The second kappa shape index (κ2) is 7.67. The summed E-state index contributed by atoms with van der Waals surface area (Å²) in [4.78, 5) is 7.44. The quantitative estimate of drug-likeness (QED) is 0.735. The van der Waals surface area contributed by atoms with Crippen molar-refractivity contribution in [1.29, 1.82) is 0 Å². The van der Waals surface area contributed by atoms with Crippen molar-refractivity contribution < 1.29 is 18.3 Å². The lowest BCUT2D eigenvalue weighted by atomic mass is 10.2. The fourth-order valence-corrected chi connectivity index (χ4v) is 2.07. The SMILES string of the molecule is C[C@@H](CO)Nc1nc(NCc2cccc(Cl)c2)cc(C(F)(F)F)n1. The summed E-state index contributed by atoms with van der Waals surface area (Å²) in [5.74, 6) is -0.190. The number of rotatable bonds is 6. The molecule has 0 fully saturated rings. The predicted octanol–water partition coefficient (Wildman–Crippen LogP) is 3.55. The summed E-state index contributed by atoms with van der Waals surface area (Å²) >= 11 is 5.87. The molecule has 0 saturated carbocycles. The minimum absolute atomic E-state index is 0.0185. The Labute approximate surface area is 141 Å². The minimum Gasteiger partial charge on any atom is -0.394 e. The molecule has 3 N–H and O–H groups in total. The van der Waals surface area contributed by atoms with Crippen LogP contribution in [0, 0.1) is 0 Å². The van der Waals surface area contributed by atoms with Crippen LogP contribution in [0.15, 0.2) is 30.3 Å². The Morgan fingerprint density at radius 2 is 2.00 bits per heavy atom. The number of aromatic nitrogens is 2. The number of nitrogens with one attached hydrogen (secondary N) is 2. The van der Waals surface area contributed by atoms with E-state index in [1.807, 2.05) is 0 Å². The number of hydrogen-bond acceptors (Lipinski definition) is 5. The van der Waals surface area contributed by atoms with Gasteiger partial charge in [0, 0.05) is 23.7 Å². The first-order valence-corrected chi connectivity index (χ1v) is 7.47. The van der Waals surface area contributed by atoms with Crippen molar-refractivity contribution in [3.05, 3.63) is 46.6 Å². The maximum Gasteiger partial charge on any atom is 0.433 e. The highest BCUT2D eigenvalue weighted by Crippen LogP contribution is 2.30. The Kier molecular flexibility index (Phi) is 5.84.